The van der Waals surface area contributed by atoms with Crippen LogP contribution in [0, 0.1) is 13.8 Å². The van der Waals surface area contributed by atoms with Crippen molar-refractivity contribution in [1.82, 2.24) is 5.32 Å². The van der Waals surface area contributed by atoms with E-state index in [-0.39, 0.29) is 0 Å². The zero-order valence-corrected chi connectivity index (χ0v) is 14.0. The molecule has 0 aromatic heterocycles. The summed E-state index contributed by atoms with van der Waals surface area (Å²) in [4.78, 5) is 0. The predicted molar refractivity (Wildman–Crippen MR) is 89.9 cm³/mol. The molecule has 0 heterocycles. The standard InChI is InChI=1S/C18H22BrN/c1-4-18(15-7-9-17(19)10-8-15)20-12-16-6-5-13(2)11-14(16)3/h5-11,18,20H,4,12H2,1-3H3. The third-order valence-electron chi connectivity index (χ3n) is 3.72. The van der Waals surface area contributed by atoms with Crippen molar-refractivity contribution in [2.75, 3.05) is 0 Å². The van der Waals surface area contributed by atoms with Gasteiger partial charge in [-0.05, 0) is 49.1 Å². The van der Waals surface area contributed by atoms with E-state index in [2.05, 4.69) is 84.5 Å². The zero-order valence-electron chi connectivity index (χ0n) is 12.4. The minimum Gasteiger partial charge on any atom is -0.306 e. The quantitative estimate of drug-likeness (QED) is 0.783. The fraction of sp³-hybridized carbons (Fsp3) is 0.333. The molecule has 1 unspecified atom stereocenters. The van der Waals surface area contributed by atoms with E-state index in [1.165, 1.54) is 22.3 Å². The monoisotopic (exact) mass is 331 g/mol. The zero-order chi connectivity index (χ0) is 14.5. The van der Waals surface area contributed by atoms with Gasteiger partial charge in [-0.1, -0.05) is 58.7 Å². The van der Waals surface area contributed by atoms with Crippen LogP contribution in [0.2, 0.25) is 0 Å². The summed E-state index contributed by atoms with van der Waals surface area (Å²) >= 11 is 3.49. The van der Waals surface area contributed by atoms with Gasteiger partial charge in [-0.15, -0.1) is 0 Å². The molecule has 2 aromatic rings. The van der Waals surface area contributed by atoms with Crippen LogP contribution >= 0.6 is 15.9 Å². The van der Waals surface area contributed by atoms with Crippen molar-refractivity contribution >= 4 is 15.9 Å². The molecule has 0 aliphatic carbocycles. The molecular formula is C18H22BrN. The minimum atomic E-state index is 0.406. The summed E-state index contributed by atoms with van der Waals surface area (Å²) in [5, 5.41) is 3.67. The highest BCUT2D eigenvalue weighted by atomic mass is 79.9. The van der Waals surface area contributed by atoms with E-state index in [9.17, 15) is 0 Å². The van der Waals surface area contributed by atoms with Crippen LogP contribution in [0.5, 0.6) is 0 Å². The molecule has 106 valence electrons. The summed E-state index contributed by atoms with van der Waals surface area (Å²) in [5.74, 6) is 0. The smallest absolute Gasteiger partial charge is 0.0320 e. The first-order chi connectivity index (χ1) is 9.60. The number of hydrogen-bond donors (Lipinski definition) is 1. The topological polar surface area (TPSA) is 12.0 Å². The summed E-state index contributed by atoms with van der Waals surface area (Å²) in [6, 6.07) is 15.7. The van der Waals surface area contributed by atoms with Crippen molar-refractivity contribution in [3.8, 4) is 0 Å². The number of rotatable bonds is 5. The highest BCUT2D eigenvalue weighted by Crippen LogP contribution is 2.20. The molecule has 1 nitrogen and oxygen atoms in total. The van der Waals surface area contributed by atoms with Gasteiger partial charge >= 0.3 is 0 Å². The molecule has 0 spiro atoms. The number of hydrogen-bond acceptors (Lipinski definition) is 1. The predicted octanol–water partition coefficient (Wildman–Crippen LogP) is 5.31. The molecular weight excluding hydrogens is 310 g/mol. The maximum atomic E-state index is 3.67. The molecule has 0 aliphatic rings. The van der Waals surface area contributed by atoms with Crippen molar-refractivity contribution in [2.45, 2.75) is 39.8 Å². The summed E-state index contributed by atoms with van der Waals surface area (Å²) in [7, 11) is 0. The molecule has 2 rings (SSSR count). The van der Waals surface area contributed by atoms with Crippen LogP contribution in [0.3, 0.4) is 0 Å². The Labute approximate surface area is 130 Å². The molecule has 20 heavy (non-hydrogen) atoms. The average molecular weight is 332 g/mol. The molecule has 0 saturated carbocycles. The molecule has 2 heteroatoms. The van der Waals surface area contributed by atoms with Crippen LogP contribution in [0.15, 0.2) is 46.9 Å². The third-order valence-corrected chi connectivity index (χ3v) is 4.25. The Bertz CT molecular complexity index is 560. The Hall–Kier alpha value is -1.12. The minimum absolute atomic E-state index is 0.406. The van der Waals surface area contributed by atoms with Gasteiger partial charge in [0.1, 0.15) is 0 Å². The molecule has 0 saturated heterocycles. The van der Waals surface area contributed by atoms with E-state index in [0.29, 0.717) is 6.04 Å². The lowest BCUT2D eigenvalue weighted by molar-refractivity contribution is 0.518. The fourth-order valence-electron chi connectivity index (χ4n) is 2.47. The van der Waals surface area contributed by atoms with Gasteiger partial charge in [0.2, 0.25) is 0 Å². The second-order valence-corrected chi connectivity index (χ2v) is 6.24. The van der Waals surface area contributed by atoms with E-state index in [0.717, 1.165) is 17.4 Å². The van der Waals surface area contributed by atoms with Crippen LogP contribution in [0.1, 0.15) is 41.6 Å². The first-order valence-electron chi connectivity index (χ1n) is 7.15. The normalized spacial score (nSPS) is 12.4. The van der Waals surface area contributed by atoms with Crippen molar-refractivity contribution < 1.29 is 0 Å². The van der Waals surface area contributed by atoms with Crippen molar-refractivity contribution in [3.05, 3.63) is 69.2 Å². The summed E-state index contributed by atoms with van der Waals surface area (Å²) in [6.45, 7) is 7.47. The van der Waals surface area contributed by atoms with Gasteiger partial charge in [-0.3, -0.25) is 0 Å². The van der Waals surface area contributed by atoms with Gasteiger partial charge in [0.15, 0.2) is 0 Å². The molecule has 0 aliphatic heterocycles. The Morgan fingerprint density at radius 3 is 2.35 bits per heavy atom. The lowest BCUT2D eigenvalue weighted by Gasteiger charge is -2.18. The van der Waals surface area contributed by atoms with Crippen LogP contribution in [0.4, 0.5) is 0 Å². The van der Waals surface area contributed by atoms with Crippen LogP contribution in [-0.4, -0.2) is 0 Å². The van der Waals surface area contributed by atoms with Gasteiger partial charge < -0.3 is 5.32 Å². The van der Waals surface area contributed by atoms with Crippen molar-refractivity contribution in [1.29, 1.82) is 0 Å². The highest BCUT2D eigenvalue weighted by Gasteiger charge is 2.09. The Balaban J connectivity index is 2.05. The lowest BCUT2D eigenvalue weighted by Crippen LogP contribution is -2.20. The average Bonchev–Trinajstić information content (AvgIpc) is 2.43. The third kappa shape index (κ3) is 3.94. The van der Waals surface area contributed by atoms with Gasteiger partial charge in [0.25, 0.3) is 0 Å². The van der Waals surface area contributed by atoms with Crippen LogP contribution in [0.25, 0.3) is 0 Å². The number of aryl methyl sites for hydroxylation is 2. The Morgan fingerprint density at radius 1 is 1.05 bits per heavy atom. The van der Waals surface area contributed by atoms with Gasteiger partial charge in [0, 0.05) is 17.1 Å². The van der Waals surface area contributed by atoms with Crippen LogP contribution in [-0.2, 0) is 6.54 Å². The largest absolute Gasteiger partial charge is 0.306 e. The first-order valence-corrected chi connectivity index (χ1v) is 7.94. The lowest BCUT2D eigenvalue weighted by atomic mass is 10.0. The summed E-state index contributed by atoms with van der Waals surface area (Å²) < 4.78 is 1.13. The maximum absolute atomic E-state index is 3.67. The number of halogens is 1. The molecule has 2 aromatic carbocycles. The van der Waals surface area contributed by atoms with E-state index < -0.39 is 0 Å². The first kappa shape index (κ1) is 15.3. The second-order valence-electron chi connectivity index (χ2n) is 5.32. The van der Waals surface area contributed by atoms with Gasteiger partial charge in [0.05, 0.1) is 0 Å². The van der Waals surface area contributed by atoms with Crippen molar-refractivity contribution in [3.63, 3.8) is 0 Å². The van der Waals surface area contributed by atoms with Gasteiger partial charge in [-0.25, -0.2) is 0 Å². The van der Waals surface area contributed by atoms with E-state index in [1.807, 2.05) is 0 Å². The SMILES string of the molecule is CCC(NCc1ccc(C)cc1C)c1ccc(Br)cc1. The maximum Gasteiger partial charge on any atom is 0.0320 e. The van der Waals surface area contributed by atoms with Crippen LogP contribution < -0.4 is 5.32 Å². The van der Waals surface area contributed by atoms with E-state index >= 15 is 0 Å². The fourth-order valence-corrected chi connectivity index (χ4v) is 2.73. The Kier molecular flexibility index (Phi) is 5.38. The van der Waals surface area contributed by atoms with Crippen molar-refractivity contribution in [2.24, 2.45) is 0 Å². The number of benzene rings is 2. The number of nitrogens with one attached hydrogen (secondary N) is 1. The molecule has 0 radical (unpaired) electrons. The molecule has 0 amide bonds. The molecule has 1 N–H and O–H groups in total. The molecule has 0 bridgehead atoms. The second kappa shape index (κ2) is 7.05. The summed E-state index contributed by atoms with van der Waals surface area (Å²) in [6.07, 6.45) is 1.09. The van der Waals surface area contributed by atoms with E-state index in [1.54, 1.807) is 0 Å². The highest BCUT2D eigenvalue weighted by molar-refractivity contribution is 9.10. The van der Waals surface area contributed by atoms with Gasteiger partial charge in [-0.2, -0.15) is 0 Å². The molecule has 0 fully saturated rings. The van der Waals surface area contributed by atoms with E-state index in [4.69, 9.17) is 0 Å². The molecule has 1 atom stereocenters. The summed E-state index contributed by atoms with van der Waals surface area (Å²) in [5.41, 5.74) is 5.42. The Morgan fingerprint density at radius 2 is 1.75 bits per heavy atom.